The second kappa shape index (κ2) is 5.16. The van der Waals surface area contributed by atoms with Gasteiger partial charge in [-0.25, -0.2) is 0 Å². The van der Waals surface area contributed by atoms with Gasteiger partial charge in [-0.15, -0.1) is 0 Å². The van der Waals surface area contributed by atoms with Gasteiger partial charge in [-0.3, -0.25) is 9.59 Å². The van der Waals surface area contributed by atoms with Gasteiger partial charge < -0.3 is 14.7 Å². The topological polar surface area (TPSA) is 75.4 Å². The Morgan fingerprint density at radius 1 is 1.29 bits per heavy atom. The van der Waals surface area contributed by atoms with Crippen molar-refractivity contribution in [3.8, 4) is 0 Å². The van der Waals surface area contributed by atoms with Gasteiger partial charge in [-0.1, -0.05) is 5.16 Å². The Morgan fingerprint density at radius 3 is 2.71 bits per heavy atom. The number of nitrogens with one attached hydrogen (secondary N) is 1. The van der Waals surface area contributed by atoms with Gasteiger partial charge in [0.2, 0.25) is 5.91 Å². The lowest BCUT2D eigenvalue weighted by Gasteiger charge is -2.24. The number of carbonyl (C=O) groups excluding carboxylic acids is 2. The van der Waals surface area contributed by atoms with Crippen LogP contribution >= 0.6 is 0 Å². The molecule has 1 spiro atoms. The number of hydrogen-bond donors (Lipinski definition) is 1. The fourth-order valence-corrected chi connectivity index (χ4v) is 3.54. The van der Waals surface area contributed by atoms with Crippen molar-refractivity contribution in [3.05, 3.63) is 17.0 Å². The molecule has 21 heavy (non-hydrogen) atoms. The second-order valence-corrected chi connectivity index (χ2v) is 6.13. The second-order valence-electron chi connectivity index (χ2n) is 6.13. The fraction of sp³-hybridized carbons (Fsp3) is 0.667. The van der Waals surface area contributed by atoms with E-state index in [0.29, 0.717) is 30.1 Å². The van der Waals surface area contributed by atoms with Crippen LogP contribution in [-0.2, 0) is 4.79 Å². The molecule has 6 nitrogen and oxygen atoms in total. The first-order chi connectivity index (χ1) is 10.0. The lowest BCUT2D eigenvalue weighted by Crippen LogP contribution is -2.35. The molecule has 1 N–H and O–H groups in total. The number of hydrogen-bond acceptors (Lipinski definition) is 4. The van der Waals surface area contributed by atoms with E-state index in [-0.39, 0.29) is 17.2 Å². The van der Waals surface area contributed by atoms with Crippen molar-refractivity contribution in [1.29, 1.82) is 0 Å². The van der Waals surface area contributed by atoms with Gasteiger partial charge in [0, 0.05) is 19.6 Å². The maximum atomic E-state index is 12.7. The lowest BCUT2D eigenvalue weighted by molar-refractivity contribution is -0.128. The molecule has 2 saturated heterocycles. The van der Waals surface area contributed by atoms with Crippen LogP contribution in [0.1, 0.15) is 47.5 Å². The summed E-state index contributed by atoms with van der Waals surface area (Å²) in [5.74, 6) is 0.700. The van der Waals surface area contributed by atoms with Gasteiger partial charge in [-0.2, -0.15) is 0 Å². The van der Waals surface area contributed by atoms with Crippen molar-refractivity contribution < 1.29 is 14.1 Å². The van der Waals surface area contributed by atoms with Crippen LogP contribution in [0.3, 0.4) is 0 Å². The van der Waals surface area contributed by atoms with Crippen molar-refractivity contribution >= 4 is 11.8 Å². The summed E-state index contributed by atoms with van der Waals surface area (Å²) >= 11 is 0. The van der Waals surface area contributed by atoms with Crippen molar-refractivity contribution in [3.63, 3.8) is 0 Å². The number of aryl methyl sites for hydroxylation is 2. The molecule has 3 rings (SSSR count). The Morgan fingerprint density at radius 2 is 2.10 bits per heavy atom. The molecule has 0 aliphatic carbocycles. The van der Waals surface area contributed by atoms with Crippen molar-refractivity contribution in [2.45, 2.75) is 39.5 Å². The molecule has 0 unspecified atom stereocenters. The number of carbonyl (C=O) groups is 2. The fourth-order valence-electron chi connectivity index (χ4n) is 3.54. The molecule has 1 aromatic rings. The normalized spacial score (nSPS) is 26.0. The highest BCUT2D eigenvalue weighted by atomic mass is 16.5. The lowest BCUT2D eigenvalue weighted by atomic mass is 9.79. The highest BCUT2D eigenvalue weighted by Gasteiger charge is 2.43. The molecule has 2 fully saturated rings. The summed E-state index contributed by atoms with van der Waals surface area (Å²) in [4.78, 5) is 26.6. The molecule has 114 valence electrons. The van der Waals surface area contributed by atoms with E-state index in [1.54, 1.807) is 13.8 Å². The predicted octanol–water partition coefficient (Wildman–Crippen LogP) is 1.42. The van der Waals surface area contributed by atoms with E-state index in [0.717, 1.165) is 32.2 Å². The van der Waals surface area contributed by atoms with Gasteiger partial charge in [0.15, 0.2) is 0 Å². The Hall–Kier alpha value is -1.85. The maximum absolute atomic E-state index is 12.7. The van der Waals surface area contributed by atoms with Crippen LogP contribution in [0.2, 0.25) is 0 Å². The number of likely N-dealkylation sites (tertiary alicyclic amines) is 1. The molecule has 0 radical (unpaired) electrons. The first-order valence-electron chi connectivity index (χ1n) is 7.54. The Labute approximate surface area is 123 Å². The Balaban J connectivity index is 1.76. The average Bonchev–Trinajstić information content (AvgIpc) is 2.87. The zero-order chi connectivity index (χ0) is 15.0. The molecule has 6 heteroatoms. The minimum Gasteiger partial charge on any atom is -0.361 e. The van der Waals surface area contributed by atoms with Crippen LogP contribution in [0.15, 0.2) is 4.52 Å². The van der Waals surface area contributed by atoms with Crippen LogP contribution < -0.4 is 5.32 Å². The summed E-state index contributed by atoms with van der Waals surface area (Å²) in [7, 11) is 0. The number of rotatable bonds is 1. The number of nitrogens with zero attached hydrogens (tertiary/aromatic N) is 2. The third-order valence-corrected chi connectivity index (χ3v) is 4.85. The minimum atomic E-state index is -0.256. The van der Waals surface area contributed by atoms with E-state index >= 15 is 0 Å². The quantitative estimate of drug-likeness (QED) is 0.849. The van der Waals surface area contributed by atoms with E-state index in [1.807, 2.05) is 4.90 Å². The molecule has 2 amide bonds. The zero-order valence-electron chi connectivity index (χ0n) is 12.6. The summed E-state index contributed by atoms with van der Waals surface area (Å²) in [5.41, 5.74) is 0.949. The van der Waals surface area contributed by atoms with E-state index in [9.17, 15) is 9.59 Å². The van der Waals surface area contributed by atoms with Gasteiger partial charge in [-0.05, 0) is 39.5 Å². The monoisotopic (exact) mass is 291 g/mol. The van der Waals surface area contributed by atoms with Crippen molar-refractivity contribution in [1.82, 2.24) is 15.4 Å². The SMILES string of the molecule is Cc1noc(C)c1C(=O)N1CCC[C@@]2(CCNC2=O)CC1. The molecule has 0 saturated carbocycles. The van der Waals surface area contributed by atoms with Crippen molar-refractivity contribution in [2.75, 3.05) is 19.6 Å². The summed E-state index contributed by atoms with van der Waals surface area (Å²) in [5, 5.41) is 6.78. The van der Waals surface area contributed by atoms with Gasteiger partial charge in [0.05, 0.1) is 11.1 Å². The largest absolute Gasteiger partial charge is 0.361 e. The van der Waals surface area contributed by atoms with Crippen LogP contribution in [0.5, 0.6) is 0 Å². The molecule has 1 aromatic heterocycles. The zero-order valence-corrected chi connectivity index (χ0v) is 12.6. The molecule has 2 aliphatic rings. The molecule has 3 heterocycles. The average molecular weight is 291 g/mol. The molecule has 2 aliphatic heterocycles. The predicted molar refractivity (Wildman–Crippen MR) is 75.8 cm³/mol. The van der Waals surface area contributed by atoms with Gasteiger partial charge in [0.1, 0.15) is 11.3 Å². The number of aromatic nitrogens is 1. The molecular formula is C15H21N3O3. The number of amides is 2. The summed E-state index contributed by atoms with van der Waals surface area (Å²) in [6.45, 7) is 5.62. The van der Waals surface area contributed by atoms with Gasteiger partial charge >= 0.3 is 0 Å². The maximum Gasteiger partial charge on any atom is 0.259 e. The smallest absolute Gasteiger partial charge is 0.259 e. The third-order valence-electron chi connectivity index (χ3n) is 4.85. The van der Waals surface area contributed by atoms with Crippen molar-refractivity contribution in [2.24, 2.45) is 5.41 Å². The van der Waals surface area contributed by atoms with Crippen LogP contribution in [0, 0.1) is 19.3 Å². The third kappa shape index (κ3) is 2.32. The molecule has 1 atom stereocenters. The Kier molecular flexibility index (Phi) is 3.47. The van der Waals surface area contributed by atoms with E-state index < -0.39 is 0 Å². The summed E-state index contributed by atoms with van der Waals surface area (Å²) in [6, 6.07) is 0. The van der Waals surface area contributed by atoms with E-state index in [4.69, 9.17) is 4.52 Å². The van der Waals surface area contributed by atoms with E-state index in [1.165, 1.54) is 0 Å². The van der Waals surface area contributed by atoms with E-state index in [2.05, 4.69) is 10.5 Å². The van der Waals surface area contributed by atoms with Crippen LogP contribution in [0.4, 0.5) is 0 Å². The first-order valence-corrected chi connectivity index (χ1v) is 7.54. The highest BCUT2D eigenvalue weighted by Crippen LogP contribution is 2.38. The van der Waals surface area contributed by atoms with Gasteiger partial charge in [0.25, 0.3) is 5.91 Å². The standard InChI is InChI=1S/C15H21N3O3/c1-10-12(11(2)21-17-10)13(19)18-8-3-4-15(6-9-18)5-7-16-14(15)20/h3-9H2,1-2H3,(H,16,20)/t15-/m1/s1. The first kappa shape index (κ1) is 14.1. The molecular weight excluding hydrogens is 270 g/mol. The van der Waals surface area contributed by atoms with Crippen LogP contribution in [0.25, 0.3) is 0 Å². The Bertz CT molecular complexity index is 561. The highest BCUT2D eigenvalue weighted by molar-refractivity contribution is 5.96. The molecule has 0 aromatic carbocycles. The van der Waals surface area contributed by atoms with Crippen LogP contribution in [-0.4, -0.2) is 41.5 Å². The summed E-state index contributed by atoms with van der Waals surface area (Å²) in [6.07, 6.45) is 3.36. The summed E-state index contributed by atoms with van der Waals surface area (Å²) < 4.78 is 5.09. The molecule has 0 bridgehead atoms. The minimum absolute atomic E-state index is 0.0262.